The molecule has 2 aromatic rings. The van der Waals surface area contributed by atoms with Gasteiger partial charge in [-0.25, -0.2) is 4.98 Å². The molecule has 2 heterocycles. The number of pyridine rings is 1. The Labute approximate surface area is 106 Å². The number of rotatable bonds is 4. The second kappa shape index (κ2) is 5.06. The highest BCUT2D eigenvalue weighted by atomic mass is 16.7. The molecular formula is C14H16N2O2+2. The fraction of sp³-hybridized carbons (Fsp3) is 0.214. The van der Waals surface area contributed by atoms with E-state index in [-0.39, 0.29) is 0 Å². The molecule has 0 saturated carbocycles. The van der Waals surface area contributed by atoms with Gasteiger partial charge in [-0.05, 0) is 24.3 Å². The molecule has 4 nitrogen and oxygen atoms in total. The van der Waals surface area contributed by atoms with Gasteiger partial charge in [0.2, 0.25) is 6.79 Å². The number of aromatic amines is 1. The topological polar surface area (TPSA) is 49.2 Å². The third-order valence-corrected chi connectivity index (χ3v) is 2.97. The Balaban J connectivity index is 1.57. The molecule has 0 bridgehead atoms. The first-order valence-electron chi connectivity index (χ1n) is 6.07. The first-order chi connectivity index (χ1) is 8.92. The number of hydrogen-bond donors (Lipinski definition) is 1. The van der Waals surface area contributed by atoms with Crippen molar-refractivity contribution in [2.75, 3.05) is 6.79 Å². The van der Waals surface area contributed by atoms with Crippen LogP contribution in [0.25, 0.3) is 0 Å². The zero-order valence-corrected chi connectivity index (χ0v) is 10.1. The summed E-state index contributed by atoms with van der Waals surface area (Å²) in [6.45, 7) is 2.24. The van der Waals surface area contributed by atoms with Gasteiger partial charge in [0.25, 0.3) is 0 Å². The maximum Gasteiger partial charge on any atom is 0.231 e. The Morgan fingerprint density at radius 2 is 1.94 bits per heavy atom. The predicted octanol–water partition coefficient (Wildman–Crippen LogP) is 0.493. The highest BCUT2D eigenvalue weighted by molar-refractivity contribution is 5.44. The summed E-state index contributed by atoms with van der Waals surface area (Å²) in [7, 11) is 0. The molecule has 3 rings (SSSR count). The third kappa shape index (κ3) is 2.43. The number of aromatic nitrogens is 1. The van der Waals surface area contributed by atoms with Gasteiger partial charge in [-0.2, -0.15) is 0 Å². The normalized spacial score (nSPS) is 12.7. The van der Waals surface area contributed by atoms with E-state index >= 15 is 0 Å². The Kier molecular flexibility index (Phi) is 3.10. The van der Waals surface area contributed by atoms with E-state index in [0.29, 0.717) is 6.79 Å². The fourth-order valence-corrected chi connectivity index (χ4v) is 2.03. The van der Waals surface area contributed by atoms with Crippen LogP contribution in [0.2, 0.25) is 0 Å². The molecule has 1 aliphatic heterocycles. The Morgan fingerprint density at radius 1 is 1.06 bits per heavy atom. The van der Waals surface area contributed by atoms with Crippen molar-refractivity contribution in [2.45, 2.75) is 13.1 Å². The zero-order valence-electron chi connectivity index (χ0n) is 10.1. The molecule has 0 radical (unpaired) electrons. The fourth-order valence-electron chi connectivity index (χ4n) is 2.03. The summed E-state index contributed by atoms with van der Waals surface area (Å²) in [5.41, 5.74) is 2.54. The summed E-state index contributed by atoms with van der Waals surface area (Å²) >= 11 is 0. The van der Waals surface area contributed by atoms with Gasteiger partial charge >= 0.3 is 0 Å². The number of benzene rings is 1. The van der Waals surface area contributed by atoms with E-state index < -0.39 is 0 Å². The first kappa shape index (κ1) is 11.0. The van der Waals surface area contributed by atoms with Gasteiger partial charge < -0.3 is 14.8 Å². The molecule has 0 unspecified atom stereocenters. The summed E-state index contributed by atoms with van der Waals surface area (Å²) in [5.74, 6) is 1.70. The van der Waals surface area contributed by atoms with Crippen molar-refractivity contribution in [3.05, 3.63) is 53.9 Å². The van der Waals surface area contributed by atoms with Crippen LogP contribution in [0.15, 0.2) is 42.7 Å². The average molecular weight is 244 g/mol. The number of quaternary nitrogens is 1. The van der Waals surface area contributed by atoms with Gasteiger partial charge in [0, 0.05) is 11.6 Å². The van der Waals surface area contributed by atoms with Crippen molar-refractivity contribution in [2.24, 2.45) is 0 Å². The molecule has 0 spiro atoms. The first-order valence-corrected chi connectivity index (χ1v) is 6.07. The highest BCUT2D eigenvalue weighted by Crippen LogP contribution is 2.32. The van der Waals surface area contributed by atoms with Gasteiger partial charge in [-0.1, -0.05) is 0 Å². The third-order valence-electron chi connectivity index (χ3n) is 2.97. The molecule has 0 amide bonds. The van der Waals surface area contributed by atoms with E-state index in [1.165, 1.54) is 11.1 Å². The van der Waals surface area contributed by atoms with Gasteiger partial charge in [-0.15, -0.1) is 0 Å². The van der Waals surface area contributed by atoms with E-state index in [1.54, 1.807) is 0 Å². The molecule has 1 aliphatic rings. The van der Waals surface area contributed by atoms with Gasteiger partial charge in [0.05, 0.1) is 5.56 Å². The summed E-state index contributed by atoms with van der Waals surface area (Å²) in [6.07, 6.45) is 3.94. The van der Waals surface area contributed by atoms with E-state index in [4.69, 9.17) is 9.47 Å². The van der Waals surface area contributed by atoms with Crippen molar-refractivity contribution < 1.29 is 19.8 Å². The number of nitrogens with one attached hydrogen (secondary N) is 1. The number of nitrogens with two attached hydrogens (primary N) is 1. The number of fused-ring (bicyclic) bond motifs is 1. The number of H-pyrrole nitrogens is 1. The van der Waals surface area contributed by atoms with E-state index in [9.17, 15) is 0 Å². The van der Waals surface area contributed by atoms with Gasteiger partial charge in [-0.3, -0.25) is 0 Å². The summed E-state index contributed by atoms with van der Waals surface area (Å²) < 4.78 is 10.7. The quantitative estimate of drug-likeness (QED) is 0.851. The molecule has 92 valence electrons. The molecular weight excluding hydrogens is 228 g/mol. The SMILES string of the molecule is c1c[nH+]cc(C[NH2+]Cc2ccc3c(c2)OCO3)c1. The van der Waals surface area contributed by atoms with Crippen LogP contribution in [0.1, 0.15) is 11.1 Å². The van der Waals surface area contributed by atoms with E-state index in [0.717, 1.165) is 24.6 Å². The lowest BCUT2D eigenvalue weighted by atomic mass is 10.2. The summed E-state index contributed by atoms with van der Waals surface area (Å²) in [5, 5.41) is 2.26. The molecule has 0 aliphatic carbocycles. The molecule has 1 aromatic carbocycles. The summed E-state index contributed by atoms with van der Waals surface area (Å²) in [6, 6.07) is 10.2. The Hall–Kier alpha value is -2.07. The largest absolute Gasteiger partial charge is 0.454 e. The molecule has 0 saturated heterocycles. The molecule has 0 fully saturated rings. The van der Waals surface area contributed by atoms with Crippen LogP contribution >= 0.6 is 0 Å². The van der Waals surface area contributed by atoms with Crippen molar-refractivity contribution >= 4 is 0 Å². The Bertz CT molecular complexity index is 529. The Morgan fingerprint density at radius 3 is 2.83 bits per heavy atom. The van der Waals surface area contributed by atoms with Crippen LogP contribution in [-0.4, -0.2) is 6.79 Å². The average Bonchev–Trinajstić information content (AvgIpc) is 2.87. The lowest BCUT2D eigenvalue weighted by Gasteiger charge is -2.02. The predicted molar refractivity (Wildman–Crippen MR) is 64.9 cm³/mol. The van der Waals surface area contributed by atoms with Crippen LogP contribution in [0, 0.1) is 0 Å². The van der Waals surface area contributed by atoms with Crippen molar-refractivity contribution in [1.82, 2.24) is 0 Å². The van der Waals surface area contributed by atoms with Gasteiger partial charge in [0.15, 0.2) is 23.9 Å². The molecule has 0 atom stereocenters. The highest BCUT2D eigenvalue weighted by Gasteiger charge is 2.13. The van der Waals surface area contributed by atoms with Crippen molar-refractivity contribution in [3.63, 3.8) is 0 Å². The standard InChI is InChI=1S/C14H14N2O2/c1-2-12(8-15-5-1)9-16-7-11-3-4-13-14(6-11)18-10-17-13/h1-6,8,16H,7,9-10H2/p+2. The van der Waals surface area contributed by atoms with Crippen molar-refractivity contribution in [1.29, 1.82) is 0 Å². The van der Waals surface area contributed by atoms with Crippen LogP contribution < -0.4 is 19.8 Å². The minimum Gasteiger partial charge on any atom is -0.454 e. The monoisotopic (exact) mass is 244 g/mol. The molecule has 3 N–H and O–H groups in total. The molecule has 18 heavy (non-hydrogen) atoms. The number of ether oxygens (including phenoxy) is 2. The molecule has 1 aromatic heterocycles. The minimum atomic E-state index is 0.336. The number of hydrogen-bond acceptors (Lipinski definition) is 2. The zero-order chi connectivity index (χ0) is 12.2. The second-order valence-electron chi connectivity index (χ2n) is 4.30. The molecule has 4 heteroatoms. The smallest absolute Gasteiger partial charge is 0.231 e. The maximum atomic E-state index is 5.36. The van der Waals surface area contributed by atoms with Gasteiger partial charge in [0.1, 0.15) is 13.1 Å². The second-order valence-corrected chi connectivity index (χ2v) is 4.30. The lowest BCUT2D eigenvalue weighted by Crippen LogP contribution is -2.80. The van der Waals surface area contributed by atoms with E-state index in [1.807, 2.05) is 24.5 Å². The minimum absolute atomic E-state index is 0.336. The van der Waals surface area contributed by atoms with Crippen LogP contribution in [0.3, 0.4) is 0 Å². The van der Waals surface area contributed by atoms with Crippen molar-refractivity contribution in [3.8, 4) is 11.5 Å². The van der Waals surface area contributed by atoms with Crippen LogP contribution in [0.5, 0.6) is 11.5 Å². The lowest BCUT2D eigenvalue weighted by molar-refractivity contribution is -0.686. The summed E-state index contributed by atoms with van der Waals surface area (Å²) in [4.78, 5) is 3.09. The van der Waals surface area contributed by atoms with Crippen LogP contribution in [-0.2, 0) is 13.1 Å². The van der Waals surface area contributed by atoms with Crippen LogP contribution in [0.4, 0.5) is 0 Å². The van der Waals surface area contributed by atoms with E-state index in [2.05, 4.69) is 28.5 Å². The maximum absolute atomic E-state index is 5.36.